The number of aliphatic hydroxyl groups excluding tert-OH is 1. The molecule has 1 unspecified atom stereocenters. The van der Waals surface area contributed by atoms with Gasteiger partial charge in [-0.25, -0.2) is 5.01 Å². The number of β-amino-alcohol motifs (C(OH)–C–C–N with tert-alkyl or cyclic N) is 1. The molecule has 0 spiro atoms. The molecule has 0 saturated carbocycles. The molecular weight excluding hydrogens is 296 g/mol. The van der Waals surface area contributed by atoms with E-state index in [2.05, 4.69) is 22.2 Å². The molecule has 130 valence electrons. The fraction of sp³-hybridized carbons (Fsp3) is 0.812. The van der Waals surface area contributed by atoms with Crippen molar-refractivity contribution in [2.24, 2.45) is 5.10 Å². The van der Waals surface area contributed by atoms with Gasteiger partial charge in [0.15, 0.2) is 0 Å². The molecule has 2 aliphatic rings. The van der Waals surface area contributed by atoms with E-state index in [0.29, 0.717) is 24.7 Å². The summed E-state index contributed by atoms with van der Waals surface area (Å²) in [5, 5.41) is 17.1. The van der Waals surface area contributed by atoms with Gasteiger partial charge in [0.05, 0.1) is 13.2 Å². The SMILES string of the molecule is CCC1CCCCN1CCNC(=O)C1=NN(CCO)C(=O)CC1. The van der Waals surface area contributed by atoms with Gasteiger partial charge in [-0.05, 0) is 25.8 Å². The Hall–Kier alpha value is -1.47. The Bertz CT molecular complexity index is 453. The first-order chi connectivity index (χ1) is 11.2. The maximum Gasteiger partial charge on any atom is 0.267 e. The van der Waals surface area contributed by atoms with Crippen molar-refractivity contribution >= 4 is 17.5 Å². The third kappa shape index (κ3) is 5.00. The summed E-state index contributed by atoms with van der Waals surface area (Å²) in [5.41, 5.74) is 0.378. The van der Waals surface area contributed by atoms with Crippen molar-refractivity contribution in [1.82, 2.24) is 15.2 Å². The molecule has 2 amide bonds. The number of piperidine rings is 1. The molecule has 7 nitrogen and oxygen atoms in total. The number of nitrogens with one attached hydrogen (secondary N) is 1. The molecule has 2 aliphatic heterocycles. The van der Waals surface area contributed by atoms with Crippen LogP contribution in [0.5, 0.6) is 0 Å². The topological polar surface area (TPSA) is 85.2 Å². The summed E-state index contributed by atoms with van der Waals surface area (Å²) < 4.78 is 0. The summed E-state index contributed by atoms with van der Waals surface area (Å²) in [5.74, 6) is -0.347. The highest BCUT2D eigenvalue weighted by Gasteiger charge is 2.24. The molecule has 2 rings (SSSR count). The Kier molecular flexibility index (Phi) is 6.98. The largest absolute Gasteiger partial charge is 0.394 e. The van der Waals surface area contributed by atoms with Crippen molar-refractivity contribution in [1.29, 1.82) is 0 Å². The second kappa shape index (κ2) is 8.98. The number of likely N-dealkylation sites (tertiary alicyclic amines) is 1. The number of amides is 2. The summed E-state index contributed by atoms with van der Waals surface area (Å²) in [4.78, 5) is 26.3. The van der Waals surface area contributed by atoms with E-state index in [-0.39, 0.29) is 31.4 Å². The van der Waals surface area contributed by atoms with E-state index < -0.39 is 0 Å². The maximum absolute atomic E-state index is 12.2. The van der Waals surface area contributed by atoms with E-state index in [9.17, 15) is 9.59 Å². The van der Waals surface area contributed by atoms with Gasteiger partial charge in [-0.15, -0.1) is 0 Å². The number of hydrazone groups is 1. The van der Waals surface area contributed by atoms with Crippen LogP contribution in [-0.2, 0) is 9.59 Å². The molecule has 0 aromatic heterocycles. The molecule has 0 aliphatic carbocycles. The molecular formula is C16H28N4O3. The number of carbonyl (C=O) groups is 2. The van der Waals surface area contributed by atoms with Gasteiger partial charge in [-0.1, -0.05) is 13.3 Å². The molecule has 2 N–H and O–H groups in total. The molecule has 1 atom stereocenters. The second-order valence-electron chi connectivity index (χ2n) is 6.14. The zero-order chi connectivity index (χ0) is 16.7. The predicted octanol–water partition coefficient (Wildman–Crippen LogP) is 0.338. The van der Waals surface area contributed by atoms with E-state index in [4.69, 9.17) is 5.11 Å². The van der Waals surface area contributed by atoms with Crippen LogP contribution in [0.3, 0.4) is 0 Å². The second-order valence-corrected chi connectivity index (χ2v) is 6.14. The van der Waals surface area contributed by atoms with Gasteiger partial charge >= 0.3 is 0 Å². The first-order valence-corrected chi connectivity index (χ1v) is 8.66. The first kappa shape index (κ1) is 17.9. The fourth-order valence-corrected chi connectivity index (χ4v) is 3.27. The van der Waals surface area contributed by atoms with E-state index in [1.807, 2.05) is 0 Å². The molecule has 0 aromatic carbocycles. The highest BCUT2D eigenvalue weighted by atomic mass is 16.3. The molecule has 0 bridgehead atoms. The van der Waals surface area contributed by atoms with Crippen molar-refractivity contribution in [3.05, 3.63) is 0 Å². The Balaban J connectivity index is 1.80. The zero-order valence-corrected chi connectivity index (χ0v) is 14.0. The van der Waals surface area contributed by atoms with Crippen LogP contribution in [0.15, 0.2) is 5.10 Å². The maximum atomic E-state index is 12.2. The van der Waals surface area contributed by atoms with Crippen LogP contribution in [0.1, 0.15) is 45.4 Å². The van der Waals surface area contributed by atoms with E-state index in [0.717, 1.165) is 19.5 Å². The van der Waals surface area contributed by atoms with Crippen LogP contribution in [0.25, 0.3) is 0 Å². The minimum absolute atomic E-state index is 0.140. The van der Waals surface area contributed by atoms with Crippen molar-refractivity contribution < 1.29 is 14.7 Å². The van der Waals surface area contributed by atoms with Gasteiger partial charge < -0.3 is 10.4 Å². The number of carbonyl (C=O) groups excluding carboxylic acids is 2. The van der Waals surface area contributed by atoms with E-state index >= 15 is 0 Å². The van der Waals surface area contributed by atoms with Gasteiger partial charge in [0.2, 0.25) is 5.91 Å². The quantitative estimate of drug-likeness (QED) is 0.707. The Morgan fingerprint density at radius 2 is 2.17 bits per heavy atom. The molecule has 2 heterocycles. The summed E-state index contributed by atoms with van der Waals surface area (Å²) in [7, 11) is 0. The molecule has 1 saturated heterocycles. The summed E-state index contributed by atoms with van der Waals surface area (Å²) in [6.07, 6.45) is 5.57. The van der Waals surface area contributed by atoms with E-state index in [1.165, 1.54) is 24.3 Å². The van der Waals surface area contributed by atoms with Gasteiger partial charge in [0.25, 0.3) is 5.91 Å². The summed E-state index contributed by atoms with van der Waals surface area (Å²) in [6, 6.07) is 0.630. The van der Waals surface area contributed by atoms with Gasteiger partial charge in [0, 0.05) is 32.0 Å². The lowest BCUT2D eigenvalue weighted by molar-refractivity contribution is -0.132. The summed E-state index contributed by atoms with van der Waals surface area (Å²) in [6.45, 7) is 4.76. The Labute approximate surface area is 137 Å². The summed E-state index contributed by atoms with van der Waals surface area (Å²) >= 11 is 0. The van der Waals surface area contributed by atoms with Gasteiger partial charge in [-0.2, -0.15) is 5.10 Å². The lowest BCUT2D eigenvalue weighted by Crippen LogP contribution is -2.45. The van der Waals surface area contributed by atoms with Crippen LogP contribution >= 0.6 is 0 Å². The minimum Gasteiger partial charge on any atom is -0.394 e. The standard InChI is InChI=1S/C16H28N4O3/c1-2-13-5-3-4-9-19(13)10-8-17-16(23)14-6-7-15(22)20(18-14)11-12-21/h13,21H,2-12H2,1H3,(H,17,23). The first-order valence-electron chi connectivity index (χ1n) is 8.66. The zero-order valence-electron chi connectivity index (χ0n) is 14.0. The smallest absolute Gasteiger partial charge is 0.267 e. The molecule has 23 heavy (non-hydrogen) atoms. The average Bonchev–Trinajstić information content (AvgIpc) is 2.57. The third-order valence-electron chi connectivity index (χ3n) is 4.58. The van der Waals surface area contributed by atoms with Crippen LogP contribution in [0.4, 0.5) is 0 Å². The Morgan fingerprint density at radius 1 is 1.35 bits per heavy atom. The third-order valence-corrected chi connectivity index (χ3v) is 4.58. The number of rotatable bonds is 7. The van der Waals surface area contributed by atoms with Crippen LogP contribution in [0.2, 0.25) is 0 Å². The fourth-order valence-electron chi connectivity index (χ4n) is 3.27. The van der Waals surface area contributed by atoms with Gasteiger partial charge in [-0.3, -0.25) is 14.5 Å². The highest BCUT2D eigenvalue weighted by Crippen LogP contribution is 2.18. The highest BCUT2D eigenvalue weighted by molar-refractivity contribution is 6.39. The predicted molar refractivity (Wildman–Crippen MR) is 88.0 cm³/mol. The van der Waals surface area contributed by atoms with Crippen molar-refractivity contribution in [2.75, 3.05) is 32.8 Å². The molecule has 0 radical (unpaired) electrons. The van der Waals surface area contributed by atoms with Crippen molar-refractivity contribution in [3.8, 4) is 0 Å². The lowest BCUT2D eigenvalue weighted by Gasteiger charge is -2.35. The average molecular weight is 324 g/mol. The van der Waals surface area contributed by atoms with Crippen LogP contribution in [-0.4, -0.2) is 71.4 Å². The van der Waals surface area contributed by atoms with Crippen LogP contribution < -0.4 is 5.32 Å². The van der Waals surface area contributed by atoms with Gasteiger partial charge in [0.1, 0.15) is 5.71 Å². The minimum atomic E-state index is -0.203. The molecule has 7 heteroatoms. The molecule has 0 aromatic rings. The number of nitrogens with zero attached hydrogens (tertiary/aromatic N) is 3. The number of hydrogen-bond donors (Lipinski definition) is 2. The lowest BCUT2D eigenvalue weighted by atomic mass is 10.0. The number of aliphatic hydroxyl groups is 1. The Morgan fingerprint density at radius 3 is 2.91 bits per heavy atom. The van der Waals surface area contributed by atoms with E-state index in [1.54, 1.807) is 0 Å². The van der Waals surface area contributed by atoms with Crippen molar-refractivity contribution in [3.63, 3.8) is 0 Å². The van der Waals surface area contributed by atoms with Crippen molar-refractivity contribution in [2.45, 2.75) is 51.5 Å². The normalized spacial score (nSPS) is 22.9. The molecule has 1 fully saturated rings. The monoisotopic (exact) mass is 324 g/mol. The van der Waals surface area contributed by atoms with Crippen LogP contribution in [0, 0.1) is 0 Å². The number of hydrogen-bond acceptors (Lipinski definition) is 5.